The van der Waals surface area contributed by atoms with Crippen molar-refractivity contribution in [3.8, 4) is 0 Å². The molecular weight excluding hydrogens is 452 g/mol. The summed E-state index contributed by atoms with van der Waals surface area (Å²) in [6.45, 7) is 4.24. The minimum absolute atomic E-state index is 0.0131. The second kappa shape index (κ2) is 15.3. The lowest BCUT2D eigenvalue weighted by Crippen LogP contribution is -2.10. The smallest absolute Gasteiger partial charge is 0.226 e. The number of hydrogen-bond donors (Lipinski definition) is 2. The lowest BCUT2D eigenvalue weighted by molar-refractivity contribution is -0.117. The molecule has 0 aromatic carbocycles. The van der Waals surface area contributed by atoms with Gasteiger partial charge in [0.1, 0.15) is 10.0 Å². The van der Waals surface area contributed by atoms with E-state index >= 15 is 0 Å². The predicted molar refractivity (Wildman–Crippen MR) is 130 cm³/mol. The molecule has 0 aliphatic heterocycles. The molecule has 0 atom stereocenters. The first-order valence-corrected chi connectivity index (χ1v) is 13.7. The molecule has 11 heteroatoms. The quantitative estimate of drug-likeness (QED) is 0.325. The lowest BCUT2D eigenvalue weighted by Gasteiger charge is -2.00. The minimum atomic E-state index is 0.0131. The average molecular weight is 485 g/mol. The van der Waals surface area contributed by atoms with Crippen LogP contribution in [0.2, 0.25) is 0 Å². The molecule has 2 aromatic heterocycles. The maximum Gasteiger partial charge on any atom is 0.226 e. The number of unbranched alkanes of at least 4 members (excludes halogenated alkanes) is 4. The molecule has 0 spiro atoms. The molecular formula is C20H32N6O2S3. The average Bonchev–Trinajstić information content (AvgIpc) is 3.37. The summed E-state index contributed by atoms with van der Waals surface area (Å²) in [6, 6.07) is 0. The fraction of sp³-hybridized carbons (Fsp3) is 0.700. The molecule has 0 fully saturated rings. The molecule has 2 N–H and O–H groups in total. The van der Waals surface area contributed by atoms with E-state index in [0.29, 0.717) is 23.1 Å². The highest BCUT2D eigenvalue weighted by atomic mass is 32.2. The number of thioether (sulfide) groups is 1. The molecule has 0 unspecified atom stereocenters. The standard InChI is InChI=1S/C20H32N6O2S3/c1-3-5-7-9-15(27)21-19-25-23-17(30-19)11-13-29-14-12-18-24-26-20(31-18)22-16(28)10-8-6-4-2/h3-14H2,1-2H3,(H,21,25,27)(H,22,26,28). The van der Waals surface area contributed by atoms with Gasteiger partial charge in [-0.1, -0.05) is 62.2 Å². The SMILES string of the molecule is CCCCCC(=O)Nc1nnc(CCSCCc2nnc(NC(=O)CCCCC)s2)s1. The Morgan fingerprint density at radius 1 is 0.742 bits per heavy atom. The molecule has 2 aromatic rings. The van der Waals surface area contributed by atoms with Crippen LogP contribution in [-0.4, -0.2) is 43.7 Å². The van der Waals surface area contributed by atoms with E-state index in [2.05, 4.69) is 44.9 Å². The normalized spacial score (nSPS) is 10.9. The highest BCUT2D eigenvalue weighted by Crippen LogP contribution is 2.20. The number of amides is 2. The van der Waals surface area contributed by atoms with Gasteiger partial charge in [0, 0.05) is 25.7 Å². The first-order chi connectivity index (χ1) is 15.1. The number of aromatic nitrogens is 4. The van der Waals surface area contributed by atoms with Crippen LogP contribution in [0.25, 0.3) is 0 Å². The Labute approximate surface area is 196 Å². The van der Waals surface area contributed by atoms with Crippen LogP contribution in [0.4, 0.5) is 10.3 Å². The van der Waals surface area contributed by atoms with Crippen LogP contribution in [0.15, 0.2) is 0 Å². The molecule has 172 valence electrons. The number of nitrogens with one attached hydrogen (secondary N) is 2. The van der Waals surface area contributed by atoms with Crippen LogP contribution in [0.1, 0.15) is 75.2 Å². The second-order valence-electron chi connectivity index (χ2n) is 7.12. The van der Waals surface area contributed by atoms with Gasteiger partial charge in [-0.05, 0) is 24.3 Å². The summed E-state index contributed by atoms with van der Waals surface area (Å²) in [4.78, 5) is 23.7. The Morgan fingerprint density at radius 3 is 1.61 bits per heavy atom. The highest BCUT2D eigenvalue weighted by Gasteiger charge is 2.10. The number of nitrogens with zero attached hydrogens (tertiary/aromatic N) is 4. The summed E-state index contributed by atoms with van der Waals surface area (Å²) in [5, 5.41) is 25.1. The Bertz CT molecular complexity index is 731. The van der Waals surface area contributed by atoms with Crippen LogP contribution >= 0.6 is 34.4 Å². The number of carbonyl (C=O) groups excluding carboxylic acids is 2. The highest BCUT2D eigenvalue weighted by molar-refractivity contribution is 7.99. The molecule has 2 rings (SSSR count). The van der Waals surface area contributed by atoms with Crippen molar-refractivity contribution in [1.82, 2.24) is 20.4 Å². The van der Waals surface area contributed by atoms with Gasteiger partial charge >= 0.3 is 0 Å². The zero-order chi connectivity index (χ0) is 22.3. The largest absolute Gasteiger partial charge is 0.301 e. The molecule has 2 amide bonds. The summed E-state index contributed by atoms with van der Waals surface area (Å²) >= 11 is 4.70. The lowest BCUT2D eigenvalue weighted by atomic mass is 10.2. The maximum atomic E-state index is 11.8. The van der Waals surface area contributed by atoms with Gasteiger partial charge in [0.15, 0.2) is 0 Å². The van der Waals surface area contributed by atoms with E-state index < -0.39 is 0 Å². The summed E-state index contributed by atoms with van der Waals surface area (Å²) in [6.07, 6.45) is 8.87. The van der Waals surface area contributed by atoms with Crippen molar-refractivity contribution in [2.75, 3.05) is 22.1 Å². The van der Waals surface area contributed by atoms with Crippen molar-refractivity contribution in [2.45, 2.75) is 78.1 Å². The molecule has 0 bridgehead atoms. The zero-order valence-corrected chi connectivity index (χ0v) is 20.8. The van der Waals surface area contributed by atoms with Gasteiger partial charge in [0.05, 0.1) is 0 Å². The topological polar surface area (TPSA) is 110 Å². The van der Waals surface area contributed by atoms with E-state index in [0.717, 1.165) is 72.9 Å². The predicted octanol–water partition coefficient (Wildman–Crippen LogP) is 4.95. The van der Waals surface area contributed by atoms with Crippen molar-refractivity contribution in [2.24, 2.45) is 0 Å². The van der Waals surface area contributed by atoms with Gasteiger partial charge in [-0.25, -0.2) is 0 Å². The Balaban J connectivity index is 1.58. The van der Waals surface area contributed by atoms with Gasteiger partial charge in [0.25, 0.3) is 0 Å². The fourth-order valence-electron chi connectivity index (χ4n) is 2.67. The van der Waals surface area contributed by atoms with Crippen LogP contribution in [0.5, 0.6) is 0 Å². The molecule has 31 heavy (non-hydrogen) atoms. The van der Waals surface area contributed by atoms with E-state index in [4.69, 9.17) is 0 Å². The monoisotopic (exact) mass is 484 g/mol. The van der Waals surface area contributed by atoms with E-state index in [1.165, 1.54) is 22.7 Å². The third-order valence-corrected chi connectivity index (χ3v) is 7.14. The van der Waals surface area contributed by atoms with Crippen molar-refractivity contribution >= 4 is 56.5 Å². The zero-order valence-electron chi connectivity index (χ0n) is 18.3. The van der Waals surface area contributed by atoms with E-state index in [1.807, 2.05) is 11.8 Å². The summed E-state index contributed by atoms with van der Waals surface area (Å²) in [5.41, 5.74) is 0. The molecule has 0 saturated heterocycles. The van der Waals surface area contributed by atoms with E-state index in [9.17, 15) is 9.59 Å². The number of hydrogen-bond acceptors (Lipinski definition) is 9. The van der Waals surface area contributed by atoms with Crippen LogP contribution in [0, 0.1) is 0 Å². The molecule has 0 aliphatic rings. The van der Waals surface area contributed by atoms with Gasteiger partial charge < -0.3 is 10.6 Å². The third kappa shape index (κ3) is 11.0. The Hall–Kier alpha value is -1.59. The fourth-order valence-corrected chi connectivity index (χ4v) is 5.31. The van der Waals surface area contributed by atoms with Gasteiger partial charge in [-0.2, -0.15) is 11.8 Å². The summed E-state index contributed by atoms with van der Waals surface area (Å²) < 4.78 is 0. The molecule has 8 nitrogen and oxygen atoms in total. The maximum absolute atomic E-state index is 11.8. The number of anilines is 2. The summed E-state index contributed by atoms with van der Waals surface area (Å²) in [5.74, 6) is 1.89. The van der Waals surface area contributed by atoms with Crippen molar-refractivity contribution in [3.63, 3.8) is 0 Å². The van der Waals surface area contributed by atoms with Crippen molar-refractivity contribution in [3.05, 3.63) is 10.0 Å². The van der Waals surface area contributed by atoms with E-state index in [1.54, 1.807) is 0 Å². The first kappa shape index (κ1) is 25.7. The third-order valence-electron chi connectivity index (χ3n) is 4.36. The molecule has 0 radical (unpaired) electrons. The summed E-state index contributed by atoms with van der Waals surface area (Å²) in [7, 11) is 0. The van der Waals surface area contributed by atoms with Crippen LogP contribution in [0.3, 0.4) is 0 Å². The Kier molecular flexibility index (Phi) is 12.6. The molecule has 0 aliphatic carbocycles. The van der Waals surface area contributed by atoms with Crippen molar-refractivity contribution < 1.29 is 9.59 Å². The minimum Gasteiger partial charge on any atom is -0.301 e. The first-order valence-electron chi connectivity index (χ1n) is 10.9. The van der Waals surface area contributed by atoms with Gasteiger partial charge in [0.2, 0.25) is 22.1 Å². The number of carbonyl (C=O) groups is 2. The number of rotatable bonds is 16. The Morgan fingerprint density at radius 2 is 1.19 bits per heavy atom. The molecule has 0 saturated carbocycles. The van der Waals surface area contributed by atoms with E-state index in [-0.39, 0.29) is 11.8 Å². The van der Waals surface area contributed by atoms with Crippen LogP contribution < -0.4 is 10.6 Å². The molecule has 2 heterocycles. The van der Waals surface area contributed by atoms with Crippen molar-refractivity contribution in [1.29, 1.82) is 0 Å². The van der Waals surface area contributed by atoms with Crippen LogP contribution in [-0.2, 0) is 22.4 Å². The van der Waals surface area contributed by atoms with Gasteiger partial charge in [-0.15, -0.1) is 20.4 Å². The second-order valence-corrected chi connectivity index (χ2v) is 10.5. The number of aryl methyl sites for hydroxylation is 2. The van der Waals surface area contributed by atoms with Gasteiger partial charge in [-0.3, -0.25) is 9.59 Å².